The predicted molar refractivity (Wildman–Crippen MR) is 120 cm³/mol. The van der Waals surface area contributed by atoms with Crippen LogP contribution < -0.4 is 5.32 Å². The second-order valence-corrected chi connectivity index (χ2v) is 8.59. The third-order valence-electron chi connectivity index (χ3n) is 4.57. The molecule has 0 spiro atoms. The monoisotopic (exact) mass is 476 g/mol. The lowest BCUT2D eigenvalue weighted by atomic mass is 10.0. The molecule has 0 radical (unpaired) electrons. The Kier molecular flexibility index (Phi) is 7.18. The number of halogens is 1. The van der Waals surface area contributed by atoms with Crippen molar-refractivity contribution in [3.63, 3.8) is 0 Å². The van der Waals surface area contributed by atoms with Crippen LogP contribution in [0.2, 0.25) is 0 Å². The molecule has 6 nitrogen and oxygen atoms in total. The molecule has 0 aliphatic heterocycles. The summed E-state index contributed by atoms with van der Waals surface area (Å²) in [7, 11) is 0. The molecule has 154 valence electrons. The van der Waals surface area contributed by atoms with Crippen LogP contribution in [0.5, 0.6) is 0 Å². The fourth-order valence-electron chi connectivity index (χ4n) is 3.15. The van der Waals surface area contributed by atoms with Crippen molar-refractivity contribution in [3.8, 4) is 11.6 Å². The summed E-state index contributed by atoms with van der Waals surface area (Å²) in [6.07, 6.45) is 1.75. The molecule has 3 rings (SSSR count). The van der Waals surface area contributed by atoms with Gasteiger partial charge in [-0.2, -0.15) is 0 Å². The van der Waals surface area contributed by atoms with E-state index in [1.807, 2.05) is 22.8 Å². The van der Waals surface area contributed by atoms with Crippen LogP contribution in [0.15, 0.2) is 44.6 Å². The van der Waals surface area contributed by atoms with Gasteiger partial charge in [-0.1, -0.05) is 43.8 Å². The lowest BCUT2D eigenvalue weighted by molar-refractivity contribution is -0.113. The minimum atomic E-state index is -0.0498. The highest BCUT2D eigenvalue weighted by Gasteiger charge is 2.20. The van der Waals surface area contributed by atoms with Crippen LogP contribution in [-0.2, 0) is 17.6 Å². The maximum absolute atomic E-state index is 12.7. The topological polar surface area (TPSA) is 73.0 Å². The van der Waals surface area contributed by atoms with E-state index in [9.17, 15) is 4.79 Å². The molecule has 2 aromatic heterocycles. The number of carbonyl (C=O) groups excluding carboxylic acids is 1. The SMILES string of the molecule is CCc1cccc(CC)c1NC(=O)CSc1nnc(-c2ccc(Br)o2)n1C(C)C. The Labute approximate surface area is 183 Å². The zero-order valence-corrected chi connectivity index (χ0v) is 19.4. The molecule has 0 unspecified atom stereocenters. The van der Waals surface area contributed by atoms with E-state index >= 15 is 0 Å². The number of para-hydroxylation sites is 1. The van der Waals surface area contributed by atoms with Crippen molar-refractivity contribution in [2.75, 3.05) is 11.1 Å². The molecule has 0 bridgehead atoms. The normalized spacial score (nSPS) is 11.2. The lowest BCUT2D eigenvalue weighted by Gasteiger charge is -2.15. The molecule has 1 aromatic carbocycles. The Morgan fingerprint density at radius 3 is 2.41 bits per heavy atom. The van der Waals surface area contributed by atoms with E-state index in [1.54, 1.807) is 0 Å². The molecule has 0 saturated heterocycles. The van der Waals surface area contributed by atoms with Crippen molar-refractivity contribution in [1.82, 2.24) is 14.8 Å². The van der Waals surface area contributed by atoms with E-state index in [2.05, 4.69) is 71.3 Å². The molecule has 1 amide bonds. The molecule has 0 saturated carbocycles. The van der Waals surface area contributed by atoms with Gasteiger partial charge in [-0.05, 0) is 65.9 Å². The average molecular weight is 477 g/mol. The Balaban J connectivity index is 1.75. The number of anilines is 1. The van der Waals surface area contributed by atoms with Crippen molar-refractivity contribution < 1.29 is 9.21 Å². The summed E-state index contributed by atoms with van der Waals surface area (Å²) in [4.78, 5) is 12.7. The Morgan fingerprint density at radius 1 is 1.17 bits per heavy atom. The highest BCUT2D eigenvalue weighted by Crippen LogP contribution is 2.30. The minimum Gasteiger partial charge on any atom is -0.446 e. The number of carbonyl (C=O) groups is 1. The summed E-state index contributed by atoms with van der Waals surface area (Å²) in [5.74, 6) is 1.50. The predicted octanol–water partition coefficient (Wildman–Crippen LogP) is 5.74. The van der Waals surface area contributed by atoms with Crippen molar-refractivity contribution in [1.29, 1.82) is 0 Å². The van der Waals surface area contributed by atoms with Gasteiger partial charge < -0.3 is 9.73 Å². The number of furan rings is 1. The maximum atomic E-state index is 12.7. The summed E-state index contributed by atoms with van der Waals surface area (Å²) in [5.41, 5.74) is 3.24. The zero-order chi connectivity index (χ0) is 21.0. The van der Waals surface area contributed by atoms with Crippen LogP contribution in [0.4, 0.5) is 5.69 Å². The van der Waals surface area contributed by atoms with Crippen LogP contribution in [0.1, 0.15) is 44.9 Å². The van der Waals surface area contributed by atoms with E-state index in [1.165, 1.54) is 11.8 Å². The van der Waals surface area contributed by atoms with Crippen molar-refractivity contribution in [2.24, 2.45) is 0 Å². The van der Waals surface area contributed by atoms with Gasteiger partial charge in [0.25, 0.3) is 0 Å². The summed E-state index contributed by atoms with van der Waals surface area (Å²) < 4.78 is 8.26. The van der Waals surface area contributed by atoms with Crippen LogP contribution in [0, 0.1) is 0 Å². The Morgan fingerprint density at radius 2 is 1.86 bits per heavy atom. The first-order valence-corrected chi connectivity index (χ1v) is 11.5. The first-order valence-electron chi connectivity index (χ1n) is 9.68. The third kappa shape index (κ3) is 4.93. The van der Waals surface area contributed by atoms with Crippen molar-refractivity contribution in [3.05, 3.63) is 46.1 Å². The quantitative estimate of drug-likeness (QED) is 0.419. The Bertz CT molecular complexity index is 974. The van der Waals surface area contributed by atoms with Crippen molar-refractivity contribution >= 4 is 39.3 Å². The van der Waals surface area contributed by atoms with Gasteiger partial charge >= 0.3 is 0 Å². The Hall–Kier alpha value is -2.06. The van der Waals surface area contributed by atoms with Gasteiger partial charge in [0.05, 0.1) is 5.75 Å². The molecule has 3 aromatic rings. The number of benzene rings is 1. The molecule has 1 N–H and O–H groups in total. The van der Waals surface area contributed by atoms with E-state index in [0.717, 1.165) is 29.7 Å². The molecule has 8 heteroatoms. The number of hydrogen-bond acceptors (Lipinski definition) is 5. The number of aromatic nitrogens is 3. The summed E-state index contributed by atoms with van der Waals surface area (Å²) in [6, 6.07) is 9.97. The van der Waals surface area contributed by atoms with Gasteiger partial charge in [-0.25, -0.2) is 0 Å². The smallest absolute Gasteiger partial charge is 0.234 e. The number of hydrogen-bond donors (Lipinski definition) is 1. The molecule has 0 aliphatic rings. The van der Waals surface area contributed by atoms with Gasteiger partial charge in [0.2, 0.25) is 11.7 Å². The van der Waals surface area contributed by atoms with Crippen LogP contribution in [0.3, 0.4) is 0 Å². The van der Waals surface area contributed by atoms with Gasteiger partial charge in [-0.3, -0.25) is 9.36 Å². The van der Waals surface area contributed by atoms with E-state index in [0.29, 0.717) is 21.4 Å². The first-order chi connectivity index (χ1) is 13.9. The summed E-state index contributed by atoms with van der Waals surface area (Å²) >= 11 is 4.70. The van der Waals surface area contributed by atoms with Gasteiger partial charge in [0, 0.05) is 11.7 Å². The van der Waals surface area contributed by atoms with Gasteiger partial charge in [0.1, 0.15) is 0 Å². The third-order valence-corrected chi connectivity index (χ3v) is 5.94. The first kappa shape index (κ1) is 21.6. The van der Waals surface area contributed by atoms with Crippen LogP contribution in [-0.4, -0.2) is 26.4 Å². The second-order valence-electron chi connectivity index (χ2n) is 6.87. The number of rotatable bonds is 8. The lowest BCUT2D eigenvalue weighted by Crippen LogP contribution is -2.17. The van der Waals surface area contributed by atoms with Gasteiger partial charge in [-0.15, -0.1) is 10.2 Å². The maximum Gasteiger partial charge on any atom is 0.234 e. The molecule has 0 aliphatic carbocycles. The van der Waals surface area contributed by atoms with Crippen LogP contribution >= 0.6 is 27.7 Å². The molecular formula is C21H25BrN4O2S. The number of nitrogens with one attached hydrogen (secondary N) is 1. The standard InChI is InChI=1S/C21H25BrN4O2S/c1-5-14-8-7-9-15(6-2)19(14)23-18(27)12-29-21-25-24-20(26(21)13(3)4)16-10-11-17(22)28-16/h7-11,13H,5-6,12H2,1-4H3,(H,23,27). The average Bonchev–Trinajstić information content (AvgIpc) is 3.32. The largest absolute Gasteiger partial charge is 0.446 e. The molecule has 2 heterocycles. The number of amides is 1. The fourth-order valence-corrected chi connectivity index (χ4v) is 4.33. The van der Waals surface area contributed by atoms with E-state index < -0.39 is 0 Å². The molecular weight excluding hydrogens is 452 g/mol. The van der Waals surface area contributed by atoms with E-state index in [4.69, 9.17) is 4.42 Å². The fraction of sp³-hybridized carbons (Fsp3) is 0.381. The zero-order valence-electron chi connectivity index (χ0n) is 17.0. The highest BCUT2D eigenvalue weighted by molar-refractivity contribution is 9.10. The summed E-state index contributed by atoms with van der Waals surface area (Å²) in [6.45, 7) is 8.30. The van der Waals surface area contributed by atoms with Crippen molar-refractivity contribution in [2.45, 2.75) is 51.7 Å². The molecule has 0 atom stereocenters. The van der Waals surface area contributed by atoms with Crippen LogP contribution in [0.25, 0.3) is 11.6 Å². The second kappa shape index (κ2) is 9.63. The molecule has 29 heavy (non-hydrogen) atoms. The summed E-state index contributed by atoms with van der Waals surface area (Å²) in [5, 5.41) is 12.4. The highest BCUT2D eigenvalue weighted by atomic mass is 79.9. The van der Waals surface area contributed by atoms with E-state index in [-0.39, 0.29) is 17.7 Å². The minimum absolute atomic E-state index is 0.0498. The number of nitrogens with zero attached hydrogens (tertiary/aromatic N) is 3. The number of aryl methyl sites for hydroxylation is 2. The molecule has 0 fully saturated rings. The number of thioether (sulfide) groups is 1. The van der Waals surface area contributed by atoms with Gasteiger partial charge in [0.15, 0.2) is 15.6 Å².